The summed E-state index contributed by atoms with van der Waals surface area (Å²) in [4.78, 5) is 0. The van der Waals surface area contributed by atoms with E-state index in [0.717, 1.165) is 6.61 Å². The van der Waals surface area contributed by atoms with Crippen molar-refractivity contribution in [3.8, 4) is 0 Å². The van der Waals surface area contributed by atoms with Gasteiger partial charge in [-0.3, -0.25) is 0 Å². The summed E-state index contributed by atoms with van der Waals surface area (Å²) in [6, 6.07) is 0. The van der Waals surface area contributed by atoms with Crippen molar-refractivity contribution in [2.45, 2.75) is 116 Å². The van der Waals surface area contributed by atoms with E-state index in [1.165, 1.54) is 83.5 Å². The molecule has 0 N–H and O–H groups in total. The molecule has 0 bridgehead atoms. The van der Waals surface area contributed by atoms with E-state index >= 15 is 0 Å². The van der Waals surface area contributed by atoms with Gasteiger partial charge in [0, 0.05) is 0 Å². The molecule has 21 heavy (non-hydrogen) atoms. The largest absolute Gasteiger partial charge is 0.348 e. The van der Waals surface area contributed by atoms with Crippen molar-refractivity contribution in [1.82, 2.24) is 0 Å². The molecule has 0 aromatic rings. The third-order valence-electron chi connectivity index (χ3n) is 4.45. The van der Waals surface area contributed by atoms with Crippen LogP contribution in [-0.4, -0.2) is 18.5 Å². The molecule has 0 unspecified atom stereocenters. The van der Waals surface area contributed by atoms with E-state index in [9.17, 15) is 0 Å². The zero-order chi connectivity index (χ0) is 15.4. The molecule has 126 valence electrons. The van der Waals surface area contributed by atoms with Gasteiger partial charge in [0.2, 0.25) is 0 Å². The fourth-order valence-electron chi connectivity index (χ4n) is 3.12. The maximum Gasteiger partial charge on any atom is 0.163 e. The average molecular weight is 299 g/mol. The Morgan fingerprint density at radius 1 is 0.762 bits per heavy atom. The summed E-state index contributed by atoms with van der Waals surface area (Å²) in [5.41, 5.74) is 0. The summed E-state index contributed by atoms with van der Waals surface area (Å²) in [6.45, 7) is 7.09. The van der Waals surface area contributed by atoms with Gasteiger partial charge >= 0.3 is 0 Å². The van der Waals surface area contributed by atoms with Crippen LogP contribution in [0.3, 0.4) is 0 Å². The topological polar surface area (TPSA) is 18.5 Å². The quantitative estimate of drug-likeness (QED) is 0.375. The Morgan fingerprint density at radius 2 is 1.24 bits per heavy atom. The molecule has 1 fully saturated rings. The maximum absolute atomic E-state index is 5.83. The molecule has 1 aliphatic rings. The van der Waals surface area contributed by atoms with E-state index in [4.69, 9.17) is 9.47 Å². The normalized spacial score (nSPS) is 21.0. The molecule has 0 aliphatic carbocycles. The molecule has 2 nitrogen and oxygen atoms in total. The SMILES string of the molecule is CCCCCCCCCCCCCC[C@H]1COC(C)(C)O1. The van der Waals surface area contributed by atoms with Crippen LogP contribution in [0, 0.1) is 0 Å². The molecule has 0 spiro atoms. The van der Waals surface area contributed by atoms with Crippen molar-refractivity contribution in [3.63, 3.8) is 0 Å². The third kappa shape index (κ3) is 10.3. The van der Waals surface area contributed by atoms with Crippen LogP contribution >= 0.6 is 0 Å². The Morgan fingerprint density at radius 3 is 1.67 bits per heavy atom. The highest BCUT2D eigenvalue weighted by Crippen LogP contribution is 2.25. The van der Waals surface area contributed by atoms with Gasteiger partial charge in [-0.05, 0) is 20.3 Å². The second kappa shape index (κ2) is 11.5. The molecule has 1 heterocycles. The second-order valence-electron chi connectivity index (χ2n) is 7.13. The lowest BCUT2D eigenvalue weighted by Crippen LogP contribution is -2.21. The van der Waals surface area contributed by atoms with Crippen LogP contribution in [0.25, 0.3) is 0 Å². The van der Waals surface area contributed by atoms with Gasteiger partial charge < -0.3 is 9.47 Å². The Balaban J connectivity index is 1.75. The molecule has 1 rings (SSSR count). The standard InChI is InChI=1S/C19H38O2/c1-4-5-6-7-8-9-10-11-12-13-14-15-16-18-17-20-19(2,3)21-18/h18H,4-17H2,1-3H3/t18-/m0/s1. The maximum atomic E-state index is 5.83. The van der Waals surface area contributed by atoms with Gasteiger partial charge in [-0.2, -0.15) is 0 Å². The predicted molar refractivity (Wildman–Crippen MR) is 90.6 cm³/mol. The van der Waals surface area contributed by atoms with Gasteiger partial charge in [-0.1, -0.05) is 84.0 Å². The smallest absolute Gasteiger partial charge is 0.163 e. The summed E-state index contributed by atoms with van der Waals surface area (Å²) in [6.07, 6.45) is 18.4. The Kier molecular flexibility index (Phi) is 10.4. The first-order valence-electron chi connectivity index (χ1n) is 9.46. The summed E-state index contributed by atoms with van der Waals surface area (Å²) in [7, 11) is 0. The number of hydrogen-bond acceptors (Lipinski definition) is 2. The Hall–Kier alpha value is -0.0800. The minimum atomic E-state index is -0.345. The summed E-state index contributed by atoms with van der Waals surface area (Å²) < 4.78 is 11.4. The van der Waals surface area contributed by atoms with Gasteiger partial charge in [-0.15, -0.1) is 0 Å². The Labute approximate surface area is 133 Å². The van der Waals surface area contributed by atoms with Crippen molar-refractivity contribution in [3.05, 3.63) is 0 Å². The zero-order valence-electron chi connectivity index (χ0n) is 14.8. The van der Waals surface area contributed by atoms with Crippen molar-refractivity contribution in [2.75, 3.05) is 6.61 Å². The summed E-state index contributed by atoms with van der Waals surface area (Å²) >= 11 is 0. The fourth-order valence-corrected chi connectivity index (χ4v) is 3.12. The lowest BCUT2D eigenvalue weighted by Gasteiger charge is -2.16. The highest BCUT2D eigenvalue weighted by Gasteiger charge is 2.31. The van der Waals surface area contributed by atoms with Crippen LogP contribution in [-0.2, 0) is 9.47 Å². The van der Waals surface area contributed by atoms with Crippen LogP contribution in [0.2, 0.25) is 0 Å². The molecule has 1 saturated heterocycles. The molecule has 2 heteroatoms. The molecular weight excluding hydrogens is 260 g/mol. The van der Waals surface area contributed by atoms with E-state index in [1.807, 2.05) is 13.8 Å². The average Bonchev–Trinajstić information content (AvgIpc) is 2.79. The van der Waals surface area contributed by atoms with Gasteiger partial charge in [-0.25, -0.2) is 0 Å². The van der Waals surface area contributed by atoms with E-state index in [2.05, 4.69) is 6.92 Å². The monoisotopic (exact) mass is 298 g/mol. The Bertz CT molecular complexity index is 238. The van der Waals surface area contributed by atoms with Gasteiger partial charge in [0.15, 0.2) is 5.79 Å². The molecule has 0 aromatic carbocycles. The van der Waals surface area contributed by atoms with Crippen molar-refractivity contribution < 1.29 is 9.47 Å². The van der Waals surface area contributed by atoms with E-state index < -0.39 is 0 Å². The van der Waals surface area contributed by atoms with Crippen LogP contribution in [0.1, 0.15) is 104 Å². The first kappa shape index (κ1) is 19.0. The van der Waals surface area contributed by atoms with E-state index in [0.29, 0.717) is 6.10 Å². The molecule has 1 aliphatic heterocycles. The minimum Gasteiger partial charge on any atom is -0.348 e. The third-order valence-corrected chi connectivity index (χ3v) is 4.45. The summed E-state index contributed by atoms with van der Waals surface area (Å²) in [5, 5.41) is 0. The molecular formula is C19H38O2. The fraction of sp³-hybridized carbons (Fsp3) is 1.00. The minimum absolute atomic E-state index is 0.336. The zero-order valence-corrected chi connectivity index (χ0v) is 14.8. The molecule has 0 aromatic heterocycles. The number of ether oxygens (including phenoxy) is 2. The molecule has 0 saturated carbocycles. The van der Waals surface area contributed by atoms with E-state index in [-0.39, 0.29) is 5.79 Å². The molecule has 1 atom stereocenters. The van der Waals surface area contributed by atoms with Crippen molar-refractivity contribution in [2.24, 2.45) is 0 Å². The van der Waals surface area contributed by atoms with E-state index in [1.54, 1.807) is 0 Å². The number of unbranched alkanes of at least 4 members (excludes halogenated alkanes) is 11. The van der Waals surface area contributed by atoms with Crippen LogP contribution in [0.5, 0.6) is 0 Å². The highest BCUT2D eigenvalue weighted by molar-refractivity contribution is 4.70. The second-order valence-corrected chi connectivity index (χ2v) is 7.13. The number of rotatable bonds is 13. The first-order chi connectivity index (χ1) is 10.1. The summed E-state index contributed by atoms with van der Waals surface area (Å²) in [5.74, 6) is -0.345. The van der Waals surface area contributed by atoms with Crippen LogP contribution < -0.4 is 0 Å². The highest BCUT2D eigenvalue weighted by atomic mass is 16.7. The van der Waals surface area contributed by atoms with Crippen LogP contribution in [0.4, 0.5) is 0 Å². The molecule has 0 radical (unpaired) electrons. The van der Waals surface area contributed by atoms with Gasteiger partial charge in [0.05, 0.1) is 12.7 Å². The van der Waals surface area contributed by atoms with Gasteiger partial charge in [0.1, 0.15) is 0 Å². The molecule has 0 amide bonds. The first-order valence-corrected chi connectivity index (χ1v) is 9.46. The predicted octanol–water partition coefficient (Wildman–Crippen LogP) is 6.23. The van der Waals surface area contributed by atoms with Crippen molar-refractivity contribution >= 4 is 0 Å². The number of hydrogen-bond donors (Lipinski definition) is 0. The lowest BCUT2D eigenvalue weighted by atomic mass is 10.0. The van der Waals surface area contributed by atoms with Crippen molar-refractivity contribution in [1.29, 1.82) is 0 Å². The lowest BCUT2D eigenvalue weighted by molar-refractivity contribution is -0.139. The van der Waals surface area contributed by atoms with Gasteiger partial charge in [0.25, 0.3) is 0 Å². The van der Waals surface area contributed by atoms with Crippen LogP contribution in [0.15, 0.2) is 0 Å².